The summed E-state index contributed by atoms with van der Waals surface area (Å²) in [6.45, 7) is 9.77. The normalized spacial score (nSPS) is 15.1. The Kier molecular flexibility index (Phi) is 7.50. The molecule has 0 N–H and O–H groups in total. The molecule has 0 heterocycles. The molecule has 0 saturated carbocycles. The van der Waals surface area contributed by atoms with E-state index in [0.717, 1.165) is 0 Å². The molecule has 0 atom stereocenters. The molecule has 0 aliphatic heterocycles. The van der Waals surface area contributed by atoms with Crippen LogP contribution in [-0.4, -0.2) is 43.4 Å². The molecule has 0 amide bonds. The van der Waals surface area contributed by atoms with Gasteiger partial charge in [0, 0.05) is 0 Å². The van der Waals surface area contributed by atoms with Crippen molar-refractivity contribution in [1.82, 2.24) is 2.84 Å². The van der Waals surface area contributed by atoms with Crippen molar-refractivity contribution in [1.29, 1.82) is 0 Å². The van der Waals surface area contributed by atoms with E-state index in [1.54, 1.807) is 0 Å². The Morgan fingerprint density at radius 1 is 0.688 bits per heavy atom. The van der Waals surface area contributed by atoms with Gasteiger partial charge in [-0.2, -0.15) is 0 Å². The van der Waals surface area contributed by atoms with Crippen LogP contribution < -0.4 is 0 Å². The van der Waals surface area contributed by atoms with Gasteiger partial charge in [0.05, 0.1) is 0 Å². The van der Waals surface area contributed by atoms with Crippen molar-refractivity contribution in [2.24, 2.45) is 0 Å². The Labute approximate surface area is 103 Å². The Balaban J connectivity index is 5.28. The summed E-state index contributed by atoms with van der Waals surface area (Å²) in [5, 5.41) is 0. The summed E-state index contributed by atoms with van der Waals surface area (Å²) in [5.74, 6) is 0. The topological polar surface area (TPSA) is 40.2 Å². The third kappa shape index (κ3) is 3.34. The summed E-state index contributed by atoms with van der Waals surface area (Å²) in [7, 11) is 3.78. The fraction of sp³-hybridized carbons (Fsp3) is 1.00. The Morgan fingerprint density at radius 3 is 1.06 bits per heavy atom. The monoisotopic (exact) mass is 314 g/mol. The summed E-state index contributed by atoms with van der Waals surface area (Å²) >= 11 is -4.57. The van der Waals surface area contributed by atoms with Crippen molar-refractivity contribution >= 4 is 0 Å². The van der Waals surface area contributed by atoms with Crippen LogP contribution in [0.15, 0.2) is 0 Å². The van der Waals surface area contributed by atoms with Gasteiger partial charge >= 0.3 is 103 Å². The number of rotatable bonds is 9. The second-order valence-electron chi connectivity index (χ2n) is 3.49. The quantitative estimate of drug-likeness (QED) is 0.650. The third-order valence-electron chi connectivity index (χ3n) is 2.27. The molecule has 99 valence electrons. The van der Waals surface area contributed by atoms with Crippen molar-refractivity contribution < 1.29 is 32.1 Å². The Hall–Kier alpha value is 0.683. The zero-order valence-corrected chi connectivity index (χ0v) is 13.9. The van der Waals surface area contributed by atoms with Crippen LogP contribution in [0, 0.1) is 0 Å². The Morgan fingerprint density at radius 2 is 0.938 bits per heavy atom. The molecule has 0 aromatic carbocycles. The van der Waals surface area contributed by atoms with E-state index in [0.29, 0.717) is 26.4 Å². The van der Waals surface area contributed by atoms with E-state index in [-0.39, 0.29) is 0 Å². The molecule has 6 heteroatoms. The average Bonchev–Trinajstić information content (AvgIpc) is 2.19. The third-order valence-corrected chi connectivity index (χ3v) is 13.4. The van der Waals surface area contributed by atoms with E-state index in [4.69, 9.17) is 11.3 Å². The summed E-state index contributed by atoms with van der Waals surface area (Å²) in [4.78, 5) is 0. The van der Waals surface area contributed by atoms with E-state index in [2.05, 4.69) is 0 Å². The maximum absolute atomic E-state index is 5.87. The van der Waals surface area contributed by atoms with Gasteiger partial charge in [-0.05, 0) is 0 Å². The molecule has 0 aromatic heterocycles. The first-order chi connectivity index (χ1) is 7.51. The fourth-order valence-electron chi connectivity index (χ4n) is 1.73. The van der Waals surface area contributed by atoms with Gasteiger partial charge in [-0.1, -0.05) is 0 Å². The van der Waals surface area contributed by atoms with Crippen molar-refractivity contribution in [3.8, 4) is 0 Å². The molecule has 0 bridgehead atoms. The predicted molar refractivity (Wildman–Crippen MR) is 60.2 cm³/mol. The molecule has 5 nitrogen and oxygen atoms in total. The molecule has 16 heavy (non-hydrogen) atoms. The summed E-state index contributed by atoms with van der Waals surface area (Å²) < 4.78 is 25.4. The van der Waals surface area contributed by atoms with Gasteiger partial charge in [-0.15, -0.1) is 0 Å². The van der Waals surface area contributed by atoms with E-state index in [1.807, 2.05) is 44.6 Å². The molecular formula is C10H26NO4Zr. The van der Waals surface area contributed by atoms with Crippen LogP contribution in [0.4, 0.5) is 0 Å². The first-order valence-electron chi connectivity index (χ1n) is 5.92. The summed E-state index contributed by atoms with van der Waals surface area (Å²) in [6.07, 6.45) is 0. The van der Waals surface area contributed by atoms with Gasteiger partial charge in [0.2, 0.25) is 0 Å². The van der Waals surface area contributed by atoms with Crippen molar-refractivity contribution in [3.63, 3.8) is 0 Å². The molecule has 0 saturated heterocycles. The van der Waals surface area contributed by atoms with Crippen molar-refractivity contribution in [2.75, 3.05) is 40.5 Å². The van der Waals surface area contributed by atoms with Crippen LogP contribution in [0.3, 0.4) is 0 Å². The van der Waals surface area contributed by atoms with Gasteiger partial charge in [0.15, 0.2) is 0 Å². The van der Waals surface area contributed by atoms with E-state index in [9.17, 15) is 0 Å². The van der Waals surface area contributed by atoms with E-state index in [1.165, 1.54) is 0 Å². The molecule has 0 aliphatic rings. The van der Waals surface area contributed by atoms with Crippen LogP contribution in [0.1, 0.15) is 27.7 Å². The van der Waals surface area contributed by atoms with Crippen LogP contribution in [0.2, 0.25) is 0 Å². The number of hydrogen-bond acceptors (Lipinski definition) is 5. The van der Waals surface area contributed by atoms with Crippen LogP contribution in [-0.2, 0) is 32.1 Å². The average molecular weight is 316 g/mol. The summed E-state index contributed by atoms with van der Waals surface area (Å²) in [6, 6.07) is 0. The molecule has 0 rings (SSSR count). The minimum atomic E-state index is -4.57. The maximum atomic E-state index is 5.87. The Bertz CT molecular complexity index is 166. The molecule has 0 radical (unpaired) electrons. The minimum absolute atomic E-state index is 0.517. The zero-order chi connectivity index (χ0) is 12.7. The number of hydrogen-bond donors (Lipinski definition) is 0. The fourth-order valence-corrected chi connectivity index (χ4v) is 10.2. The second kappa shape index (κ2) is 7.19. The molecule has 0 spiro atoms. The van der Waals surface area contributed by atoms with Crippen LogP contribution in [0.5, 0.6) is 0 Å². The predicted octanol–water partition coefficient (Wildman–Crippen LogP) is 1.96. The second-order valence-corrected chi connectivity index (χ2v) is 12.8. The van der Waals surface area contributed by atoms with Gasteiger partial charge in [0.1, 0.15) is 0 Å². The van der Waals surface area contributed by atoms with E-state index >= 15 is 0 Å². The summed E-state index contributed by atoms with van der Waals surface area (Å²) in [5.41, 5.74) is 0. The van der Waals surface area contributed by atoms with Crippen LogP contribution >= 0.6 is 0 Å². The van der Waals surface area contributed by atoms with E-state index < -0.39 is 20.8 Å². The molecule has 0 aromatic rings. The first kappa shape index (κ1) is 16.7. The zero-order valence-electron chi connectivity index (χ0n) is 11.4. The van der Waals surface area contributed by atoms with Gasteiger partial charge in [0.25, 0.3) is 0 Å². The van der Waals surface area contributed by atoms with Crippen LogP contribution in [0.25, 0.3) is 0 Å². The molecule has 0 fully saturated rings. The first-order valence-corrected chi connectivity index (χ1v) is 11.0. The van der Waals surface area contributed by atoms with Gasteiger partial charge < -0.3 is 0 Å². The van der Waals surface area contributed by atoms with Gasteiger partial charge in [-0.25, -0.2) is 0 Å². The SMILES string of the molecule is CC[O][Zr]([O]CC)([O]CC)([O]CC)[N](C)C. The van der Waals surface area contributed by atoms with Crippen molar-refractivity contribution in [3.05, 3.63) is 0 Å². The standard InChI is InChI=1S/C2H6N.4C2H5O.Zr/c1-3-2;4*1-2-3;/h1-2H3;4*2H2,1H3;/q5*-1;+5. The van der Waals surface area contributed by atoms with Crippen molar-refractivity contribution in [2.45, 2.75) is 27.7 Å². The number of nitrogens with zero attached hydrogens (tertiary/aromatic N) is 1. The molecule has 0 aliphatic carbocycles. The molecular weight excluding hydrogens is 289 g/mol. The molecule has 0 unspecified atom stereocenters. The van der Waals surface area contributed by atoms with Gasteiger partial charge in [-0.3, -0.25) is 0 Å².